The van der Waals surface area contributed by atoms with E-state index in [1.807, 2.05) is 43.3 Å². The van der Waals surface area contributed by atoms with E-state index in [2.05, 4.69) is 5.32 Å². The van der Waals surface area contributed by atoms with Gasteiger partial charge in [-0.05, 0) is 48.9 Å². The summed E-state index contributed by atoms with van der Waals surface area (Å²) in [5.74, 6) is -0.0941. The maximum absolute atomic E-state index is 12.0. The second-order valence-corrected chi connectivity index (χ2v) is 6.38. The van der Waals surface area contributed by atoms with Gasteiger partial charge in [0, 0.05) is 0 Å². The highest BCUT2D eigenvalue weighted by Gasteiger charge is 2.15. The minimum Gasteiger partial charge on any atom is -0.486 e. The third-order valence-corrected chi connectivity index (χ3v) is 4.03. The number of anilines is 1. The van der Waals surface area contributed by atoms with Crippen LogP contribution < -0.4 is 10.1 Å². The lowest BCUT2D eigenvalue weighted by Gasteiger charge is -2.08. The third-order valence-electron chi connectivity index (χ3n) is 3.72. The largest absolute Gasteiger partial charge is 0.486 e. The van der Waals surface area contributed by atoms with E-state index >= 15 is 0 Å². The number of nitrogens with one attached hydrogen (secondary N) is 1. The first kappa shape index (κ1) is 19.5. The van der Waals surface area contributed by atoms with Gasteiger partial charge in [0.2, 0.25) is 5.76 Å². The van der Waals surface area contributed by atoms with E-state index in [0.29, 0.717) is 22.2 Å². The van der Waals surface area contributed by atoms with Gasteiger partial charge in [0.1, 0.15) is 18.1 Å². The van der Waals surface area contributed by atoms with Crippen LogP contribution in [0.4, 0.5) is 5.69 Å². The Morgan fingerprint density at radius 3 is 2.61 bits per heavy atom. The van der Waals surface area contributed by atoms with Crippen molar-refractivity contribution in [3.63, 3.8) is 0 Å². The van der Waals surface area contributed by atoms with Crippen molar-refractivity contribution < 1.29 is 23.5 Å². The molecule has 0 unspecified atom stereocenters. The number of hydrogen-bond acceptors (Lipinski definition) is 5. The number of aryl methyl sites for hydroxylation is 1. The Morgan fingerprint density at radius 1 is 1.07 bits per heavy atom. The number of para-hydroxylation sites is 1. The molecular weight excluding hydrogens is 382 g/mol. The molecule has 1 N–H and O–H groups in total. The summed E-state index contributed by atoms with van der Waals surface area (Å²) in [5, 5.41) is 3.00. The van der Waals surface area contributed by atoms with Crippen molar-refractivity contribution >= 4 is 29.2 Å². The molecule has 2 aromatic carbocycles. The van der Waals surface area contributed by atoms with Gasteiger partial charge in [-0.2, -0.15) is 0 Å². The zero-order valence-electron chi connectivity index (χ0n) is 15.1. The summed E-state index contributed by atoms with van der Waals surface area (Å²) in [7, 11) is 0. The van der Waals surface area contributed by atoms with E-state index in [9.17, 15) is 9.59 Å². The number of hydrogen-bond donors (Lipinski definition) is 1. The van der Waals surface area contributed by atoms with Crippen LogP contribution in [0.5, 0.6) is 5.75 Å². The number of carbonyl (C=O) groups is 2. The van der Waals surface area contributed by atoms with Crippen molar-refractivity contribution in [1.82, 2.24) is 0 Å². The summed E-state index contributed by atoms with van der Waals surface area (Å²) < 4.78 is 15.9. The van der Waals surface area contributed by atoms with Crippen LogP contribution in [0.25, 0.3) is 0 Å². The summed E-state index contributed by atoms with van der Waals surface area (Å²) in [4.78, 5) is 24.0. The van der Waals surface area contributed by atoms with E-state index in [0.717, 1.165) is 5.56 Å². The molecule has 0 bridgehead atoms. The monoisotopic (exact) mass is 399 g/mol. The van der Waals surface area contributed by atoms with Crippen molar-refractivity contribution in [2.24, 2.45) is 0 Å². The van der Waals surface area contributed by atoms with Crippen LogP contribution in [0.3, 0.4) is 0 Å². The number of furan rings is 1. The summed E-state index contributed by atoms with van der Waals surface area (Å²) >= 11 is 6.06. The minimum absolute atomic E-state index is 0.00664. The lowest BCUT2D eigenvalue weighted by atomic mass is 10.2. The van der Waals surface area contributed by atoms with Gasteiger partial charge in [0.05, 0.1) is 10.7 Å². The lowest BCUT2D eigenvalue weighted by molar-refractivity contribution is -0.119. The molecule has 144 valence electrons. The van der Waals surface area contributed by atoms with Crippen molar-refractivity contribution in [2.75, 3.05) is 11.9 Å². The van der Waals surface area contributed by atoms with E-state index < -0.39 is 18.5 Å². The van der Waals surface area contributed by atoms with Gasteiger partial charge in [-0.1, -0.05) is 35.9 Å². The minimum atomic E-state index is -0.740. The number of ether oxygens (including phenoxy) is 2. The quantitative estimate of drug-likeness (QED) is 0.587. The summed E-state index contributed by atoms with van der Waals surface area (Å²) in [6.07, 6.45) is 0. The van der Waals surface area contributed by atoms with Crippen LogP contribution in [0, 0.1) is 6.92 Å². The molecular formula is C21H18ClNO5. The van der Waals surface area contributed by atoms with Crippen LogP contribution in [0.1, 0.15) is 21.9 Å². The number of rotatable bonds is 7. The number of esters is 1. The maximum atomic E-state index is 12.0. The Labute approximate surface area is 167 Å². The van der Waals surface area contributed by atoms with E-state index in [1.165, 1.54) is 6.07 Å². The molecule has 1 heterocycles. The van der Waals surface area contributed by atoms with Gasteiger partial charge in [-0.15, -0.1) is 0 Å². The molecule has 6 nitrogen and oxygen atoms in total. The normalized spacial score (nSPS) is 10.4. The molecule has 7 heteroatoms. The van der Waals surface area contributed by atoms with Gasteiger partial charge in [-0.3, -0.25) is 4.79 Å². The molecule has 3 aromatic rings. The predicted molar refractivity (Wildman–Crippen MR) is 105 cm³/mol. The zero-order chi connectivity index (χ0) is 19.9. The molecule has 1 amide bonds. The molecule has 0 aliphatic rings. The number of benzene rings is 2. The highest BCUT2D eigenvalue weighted by molar-refractivity contribution is 6.33. The summed E-state index contributed by atoms with van der Waals surface area (Å²) in [6.45, 7) is 1.60. The van der Waals surface area contributed by atoms with Crippen molar-refractivity contribution in [3.8, 4) is 5.75 Å². The SMILES string of the molecule is Cc1ccc(NC(=O)COC(=O)c2ccc(COc3ccccc3)o2)c(Cl)c1. The van der Waals surface area contributed by atoms with Crippen molar-refractivity contribution in [3.05, 3.63) is 82.8 Å². The predicted octanol–water partition coefficient (Wildman–Crippen LogP) is 4.62. The van der Waals surface area contributed by atoms with Gasteiger partial charge >= 0.3 is 5.97 Å². The smallest absolute Gasteiger partial charge is 0.374 e. The summed E-state index contributed by atoms with van der Waals surface area (Å²) in [5.41, 5.74) is 1.42. The fourth-order valence-corrected chi connectivity index (χ4v) is 2.63. The lowest BCUT2D eigenvalue weighted by Crippen LogP contribution is -2.21. The Balaban J connectivity index is 1.48. The second-order valence-electron chi connectivity index (χ2n) is 5.98. The van der Waals surface area contributed by atoms with Crippen molar-refractivity contribution in [1.29, 1.82) is 0 Å². The Morgan fingerprint density at radius 2 is 1.86 bits per heavy atom. The second kappa shape index (κ2) is 9.10. The molecule has 0 radical (unpaired) electrons. The first-order valence-electron chi connectivity index (χ1n) is 8.51. The average Bonchev–Trinajstić information content (AvgIpc) is 3.17. The number of halogens is 1. The summed E-state index contributed by atoms with van der Waals surface area (Å²) in [6, 6.07) is 17.5. The average molecular weight is 400 g/mol. The molecule has 0 aliphatic carbocycles. The molecule has 0 aliphatic heterocycles. The number of carbonyl (C=O) groups excluding carboxylic acids is 2. The molecule has 0 saturated carbocycles. The Bertz CT molecular complexity index is 968. The molecule has 0 fully saturated rings. The molecule has 0 atom stereocenters. The highest BCUT2D eigenvalue weighted by Crippen LogP contribution is 2.22. The van der Waals surface area contributed by atoms with Crippen molar-refractivity contribution in [2.45, 2.75) is 13.5 Å². The van der Waals surface area contributed by atoms with Crippen LogP contribution in [-0.4, -0.2) is 18.5 Å². The number of amides is 1. The van der Waals surface area contributed by atoms with Gasteiger partial charge in [0.15, 0.2) is 6.61 Å². The Hall–Kier alpha value is -3.25. The first-order chi connectivity index (χ1) is 13.5. The molecule has 1 aromatic heterocycles. The fourth-order valence-electron chi connectivity index (χ4n) is 2.35. The van der Waals surface area contributed by atoms with E-state index in [-0.39, 0.29) is 12.4 Å². The first-order valence-corrected chi connectivity index (χ1v) is 8.89. The standard InChI is InChI=1S/C21H18ClNO5/c1-14-7-9-18(17(22)11-14)23-20(24)13-27-21(25)19-10-8-16(28-19)12-26-15-5-3-2-4-6-15/h2-11H,12-13H2,1H3,(H,23,24). The van der Waals surface area contributed by atoms with E-state index in [4.69, 9.17) is 25.5 Å². The Kier molecular flexibility index (Phi) is 6.34. The molecule has 3 rings (SSSR count). The molecule has 28 heavy (non-hydrogen) atoms. The topological polar surface area (TPSA) is 77.8 Å². The van der Waals surface area contributed by atoms with Gasteiger partial charge in [-0.25, -0.2) is 4.79 Å². The maximum Gasteiger partial charge on any atom is 0.374 e. The third kappa shape index (κ3) is 5.37. The van der Waals surface area contributed by atoms with Gasteiger partial charge < -0.3 is 19.2 Å². The molecule has 0 saturated heterocycles. The van der Waals surface area contributed by atoms with Gasteiger partial charge in [0.25, 0.3) is 5.91 Å². The van der Waals surface area contributed by atoms with Crippen LogP contribution in [-0.2, 0) is 16.1 Å². The van der Waals surface area contributed by atoms with E-state index in [1.54, 1.807) is 18.2 Å². The van der Waals surface area contributed by atoms with Crippen LogP contribution >= 0.6 is 11.6 Å². The van der Waals surface area contributed by atoms with Crippen LogP contribution in [0.2, 0.25) is 5.02 Å². The molecule has 0 spiro atoms. The zero-order valence-corrected chi connectivity index (χ0v) is 15.9. The van der Waals surface area contributed by atoms with Crippen LogP contribution in [0.15, 0.2) is 65.1 Å². The fraction of sp³-hybridized carbons (Fsp3) is 0.143. The highest BCUT2D eigenvalue weighted by atomic mass is 35.5.